The molecule has 1 saturated heterocycles. The minimum atomic E-state index is -2.74. The van der Waals surface area contributed by atoms with Crippen LogP contribution in [0.5, 0.6) is 16.7 Å². The van der Waals surface area contributed by atoms with Crippen LogP contribution in [0.15, 0.2) is 84.4 Å². The highest BCUT2D eigenvalue weighted by Crippen LogP contribution is 2.38. The van der Waals surface area contributed by atoms with E-state index in [0.717, 1.165) is 61.0 Å². The number of benzene rings is 4. The van der Waals surface area contributed by atoms with Gasteiger partial charge in [-0.3, -0.25) is 14.4 Å². The number of methoxy groups -OCH3 is 1. The molecule has 1 aliphatic rings. The monoisotopic (exact) mass is 890 g/mol. The molecule has 1 atom stereocenters. The molecule has 4 aromatic carbocycles. The molecule has 4 N–H and O–H groups in total. The minimum absolute atomic E-state index is 0.00438. The van der Waals surface area contributed by atoms with E-state index in [1.54, 1.807) is 24.2 Å². The van der Waals surface area contributed by atoms with Crippen molar-refractivity contribution < 1.29 is 49.1 Å². The lowest BCUT2D eigenvalue weighted by Crippen LogP contribution is -2.42. The predicted molar refractivity (Wildman–Crippen MR) is 230 cm³/mol. The van der Waals surface area contributed by atoms with Gasteiger partial charge < -0.3 is 39.7 Å². The van der Waals surface area contributed by atoms with Crippen LogP contribution in [0, 0.1) is 11.3 Å². The van der Waals surface area contributed by atoms with Crippen molar-refractivity contribution in [3.05, 3.63) is 117 Å². The van der Waals surface area contributed by atoms with Crippen LogP contribution < -0.4 is 9.47 Å². The van der Waals surface area contributed by atoms with E-state index in [2.05, 4.69) is 28.1 Å². The summed E-state index contributed by atoms with van der Waals surface area (Å²) in [6.45, 7) is 3.24. The number of piperidine rings is 1. The van der Waals surface area contributed by atoms with Crippen LogP contribution >= 0.6 is 34.5 Å². The van der Waals surface area contributed by atoms with E-state index >= 15 is 0 Å². The van der Waals surface area contributed by atoms with Gasteiger partial charge in [-0.15, -0.1) is 0 Å². The van der Waals surface area contributed by atoms with Crippen molar-refractivity contribution in [3.63, 3.8) is 0 Å². The molecule has 0 bridgehead atoms. The quantitative estimate of drug-likeness (QED) is 0.0738. The van der Waals surface area contributed by atoms with E-state index in [4.69, 9.17) is 53.1 Å². The Kier molecular flexibility index (Phi) is 16.1. The lowest BCUT2D eigenvalue weighted by molar-refractivity contribution is -0.170. The molecule has 17 heteroatoms. The lowest BCUT2D eigenvalue weighted by atomic mass is 9.88. The SMILES string of the molecule is COc1c(C#N)cc2ccccc2c1C(=O)N(C)CC(CCN1CCC(c2ccccc2Oc2nccs2)CC1)c1ccc(Cl)c(Cl)c1.O=C(O)CC(O)(CC(=O)O)C(=O)O. The number of amides is 1. The van der Waals surface area contributed by atoms with E-state index in [9.17, 15) is 24.4 Å². The first-order valence-corrected chi connectivity index (χ1v) is 20.8. The number of carbonyl (C=O) groups is 4. The Hall–Kier alpha value is -5.76. The first-order valence-electron chi connectivity index (χ1n) is 19.1. The Bertz CT molecular complexity index is 2380. The number of nitrogens with zero attached hydrogens (tertiary/aromatic N) is 4. The Labute approximate surface area is 366 Å². The standard InChI is InChI=1S/C38H36Cl2N4O3S.C6H8O7/c1-43(37(45)35-31-9-4-3-7-27(31)21-29(23-41)36(35)46-2)24-28(26-11-12-32(39)33(40)22-26)15-19-44-17-13-25(14-18-44)30-8-5-6-10-34(30)47-38-42-16-20-48-38;7-3(8)1-6(13,5(11)12)2-4(9)10/h3-12,16,20-22,25,28H,13-15,17-19,24H2,1-2H3;13H,1-2H2,(H,7,8)(H,9,10)(H,11,12). The van der Waals surface area contributed by atoms with Crippen LogP contribution in [0.4, 0.5) is 0 Å². The number of aliphatic hydroxyl groups is 1. The smallest absolute Gasteiger partial charge is 0.336 e. The van der Waals surface area contributed by atoms with Crippen LogP contribution in [0.1, 0.15) is 71.0 Å². The summed E-state index contributed by atoms with van der Waals surface area (Å²) in [5, 5.41) is 48.8. The fourth-order valence-corrected chi connectivity index (χ4v) is 8.16. The number of likely N-dealkylation sites (tertiary alicyclic amines) is 1. The maximum absolute atomic E-state index is 14.2. The summed E-state index contributed by atoms with van der Waals surface area (Å²) in [6, 6.07) is 25.5. The van der Waals surface area contributed by atoms with Crippen molar-refractivity contribution in [2.45, 2.75) is 49.5 Å². The normalized spacial score (nSPS) is 13.6. The van der Waals surface area contributed by atoms with Crippen molar-refractivity contribution in [1.29, 1.82) is 5.26 Å². The Morgan fingerprint density at radius 1 is 0.984 bits per heavy atom. The molecule has 0 radical (unpaired) electrons. The molecule has 2 heterocycles. The van der Waals surface area contributed by atoms with Gasteiger partial charge >= 0.3 is 17.9 Å². The van der Waals surface area contributed by atoms with Crippen molar-refractivity contribution in [2.24, 2.45) is 0 Å². The zero-order chi connectivity index (χ0) is 44.3. The zero-order valence-corrected chi connectivity index (χ0v) is 35.6. The van der Waals surface area contributed by atoms with Crippen molar-refractivity contribution in [2.75, 3.05) is 40.3 Å². The number of rotatable bonds is 16. The molecule has 6 rings (SSSR count). The van der Waals surface area contributed by atoms with Crippen LogP contribution in [0.3, 0.4) is 0 Å². The van der Waals surface area contributed by atoms with Gasteiger partial charge in [0.2, 0.25) is 0 Å². The second-order valence-corrected chi connectivity index (χ2v) is 16.2. The molecule has 14 nitrogen and oxygen atoms in total. The number of aromatic nitrogens is 1. The summed E-state index contributed by atoms with van der Waals surface area (Å²) in [7, 11) is 3.30. The lowest BCUT2D eigenvalue weighted by Gasteiger charge is -2.34. The maximum atomic E-state index is 14.2. The fraction of sp³-hybridized carbons (Fsp3) is 0.318. The second-order valence-electron chi connectivity index (χ2n) is 14.5. The molecular weight excluding hydrogens is 847 g/mol. The summed E-state index contributed by atoms with van der Waals surface area (Å²) in [5.74, 6) is -3.65. The number of fused-ring (bicyclic) bond motifs is 1. The molecule has 1 aliphatic heterocycles. The number of carboxylic acid groups (broad SMARTS) is 3. The predicted octanol–water partition coefficient (Wildman–Crippen LogP) is 8.15. The van der Waals surface area contributed by atoms with Crippen molar-refractivity contribution >= 4 is 69.1 Å². The highest BCUT2D eigenvalue weighted by atomic mass is 35.5. The minimum Gasteiger partial charge on any atom is -0.495 e. The first-order chi connectivity index (χ1) is 29.1. The largest absolute Gasteiger partial charge is 0.495 e. The third-order valence-corrected chi connectivity index (χ3v) is 11.8. The van der Waals surface area contributed by atoms with Gasteiger partial charge in [-0.1, -0.05) is 83.1 Å². The number of ether oxygens (including phenoxy) is 2. The summed E-state index contributed by atoms with van der Waals surface area (Å²) in [5.41, 5.74) is 0.232. The third-order valence-electron chi connectivity index (χ3n) is 10.4. The number of hydrogen-bond donors (Lipinski definition) is 4. The second kappa shape index (κ2) is 21.2. The van der Waals surface area contributed by atoms with Gasteiger partial charge in [0, 0.05) is 31.1 Å². The third kappa shape index (κ3) is 12.0. The summed E-state index contributed by atoms with van der Waals surface area (Å²) < 4.78 is 11.8. The molecule has 0 aliphatic carbocycles. The topological polar surface area (TPSA) is 211 Å². The van der Waals surface area contributed by atoms with Crippen LogP contribution in [0.2, 0.25) is 10.0 Å². The Balaban J connectivity index is 0.000000469. The molecule has 61 heavy (non-hydrogen) atoms. The van der Waals surface area contributed by atoms with Crippen molar-refractivity contribution in [1.82, 2.24) is 14.8 Å². The van der Waals surface area contributed by atoms with E-state index in [-0.39, 0.29) is 11.8 Å². The summed E-state index contributed by atoms with van der Waals surface area (Å²) in [6.07, 6.45) is 2.33. The number of para-hydroxylation sites is 1. The first kappa shape index (κ1) is 46.3. The maximum Gasteiger partial charge on any atom is 0.336 e. The van der Waals surface area contributed by atoms with Crippen molar-refractivity contribution in [3.8, 4) is 22.8 Å². The molecular formula is C44H44Cl2N4O10S. The summed E-state index contributed by atoms with van der Waals surface area (Å²) in [4.78, 5) is 53.2. The van der Waals surface area contributed by atoms with Gasteiger partial charge in [0.1, 0.15) is 17.6 Å². The van der Waals surface area contributed by atoms with E-state index in [1.165, 1.54) is 24.0 Å². The van der Waals surface area contributed by atoms with Gasteiger partial charge in [-0.2, -0.15) is 5.26 Å². The van der Waals surface area contributed by atoms with E-state index < -0.39 is 36.4 Å². The molecule has 320 valence electrons. The van der Waals surface area contributed by atoms with Gasteiger partial charge in [-0.25, -0.2) is 9.78 Å². The molecule has 0 saturated carbocycles. The highest BCUT2D eigenvalue weighted by Gasteiger charge is 2.41. The number of aliphatic carboxylic acids is 3. The fourth-order valence-electron chi connectivity index (χ4n) is 7.36. The van der Waals surface area contributed by atoms with E-state index in [1.807, 2.05) is 60.0 Å². The number of nitriles is 1. The Morgan fingerprint density at radius 3 is 2.26 bits per heavy atom. The van der Waals surface area contributed by atoms with Crippen LogP contribution in [-0.2, 0) is 14.4 Å². The Morgan fingerprint density at radius 2 is 1.66 bits per heavy atom. The molecule has 1 aromatic heterocycles. The molecule has 0 spiro atoms. The van der Waals surface area contributed by atoms with Crippen LogP contribution in [0.25, 0.3) is 10.8 Å². The number of carboxylic acids is 3. The van der Waals surface area contributed by atoms with E-state index in [0.29, 0.717) is 44.6 Å². The van der Waals surface area contributed by atoms with Crippen LogP contribution in [-0.4, -0.2) is 105 Å². The van der Waals surface area contributed by atoms with Gasteiger partial charge in [0.05, 0.1) is 41.1 Å². The molecule has 1 fully saturated rings. The number of likely N-dealkylation sites (N-methyl/N-ethyl adjacent to an activating group) is 1. The van der Waals surface area contributed by atoms with Gasteiger partial charge in [0.15, 0.2) is 5.60 Å². The van der Waals surface area contributed by atoms with Gasteiger partial charge in [-0.05, 0) is 91.0 Å². The number of halogens is 2. The number of thiazole rings is 1. The molecule has 5 aromatic rings. The summed E-state index contributed by atoms with van der Waals surface area (Å²) >= 11 is 14.3. The zero-order valence-electron chi connectivity index (χ0n) is 33.3. The molecule has 1 amide bonds. The number of hydrogen-bond acceptors (Lipinski definition) is 11. The van der Waals surface area contributed by atoms with Gasteiger partial charge in [0.25, 0.3) is 11.1 Å². The highest BCUT2D eigenvalue weighted by molar-refractivity contribution is 7.11. The number of carbonyl (C=O) groups excluding carboxylic acids is 1. The average molecular weight is 892 g/mol. The average Bonchev–Trinajstić information content (AvgIpc) is 3.75. The molecule has 1 unspecified atom stereocenters.